The summed E-state index contributed by atoms with van der Waals surface area (Å²) in [5.74, 6) is 0. The van der Waals surface area contributed by atoms with Crippen LogP contribution in [0.2, 0.25) is 0 Å². The van der Waals surface area contributed by atoms with Gasteiger partial charge in [0.2, 0.25) is 0 Å². The number of rotatable bonds is 28. The van der Waals surface area contributed by atoms with Crippen molar-refractivity contribution in [2.24, 2.45) is 0 Å². The van der Waals surface area contributed by atoms with Gasteiger partial charge in [-0.15, -0.1) is 0 Å². The normalized spacial score (nSPS) is 11.4. The van der Waals surface area contributed by atoms with Gasteiger partial charge in [0.25, 0.3) is 0 Å². The molecule has 0 aliphatic heterocycles. The van der Waals surface area contributed by atoms with Crippen molar-refractivity contribution in [3.63, 3.8) is 0 Å². The highest BCUT2D eigenvalue weighted by molar-refractivity contribution is 4.48. The second-order valence-corrected chi connectivity index (χ2v) is 7.94. The second-order valence-electron chi connectivity index (χ2n) is 7.94. The summed E-state index contributed by atoms with van der Waals surface area (Å²) in [4.78, 5) is 0. The molecular weight excluding hydrogens is 396 g/mol. The van der Waals surface area contributed by atoms with Gasteiger partial charge in [-0.2, -0.15) is 0 Å². The first kappa shape index (κ1) is 30.8. The fraction of sp³-hybridized carbons (Fsp3) is 1.00. The third-order valence-electron chi connectivity index (χ3n) is 5.06. The molecule has 0 fully saturated rings. The Morgan fingerprint density at radius 3 is 0.968 bits per heavy atom. The minimum absolute atomic E-state index is 0.579. The first-order chi connectivity index (χ1) is 15.4. The number of unbranched alkanes of at least 4 members (excludes halogenated alkanes) is 11. The summed E-state index contributed by atoms with van der Waals surface area (Å²) in [5.41, 5.74) is 0. The van der Waals surface area contributed by atoms with Crippen LogP contribution in [0.1, 0.15) is 84.0 Å². The van der Waals surface area contributed by atoms with E-state index in [1.54, 1.807) is 7.11 Å². The Hall–Kier alpha value is -0.240. The molecule has 0 atom stereocenters. The van der Waals surface area contributed by atoms with Gasteiger partial charge in [0.05, 0.1) is 66.1 Å². The molecule has 31 heavy (non-hydrogen) atoms. The molecular formula is C25H52O6. The van der Waals surface area contributed by atoms with Crippen molar-refractivity contribution < 1.29 is 28.4 Å². The summed E-state index contributed by atoms with van der Waals surface area (Å²) in [6.45, 7) is 9.18. The summed E-state index contributed by atoms with van der Waals surface area (Å²) in [7, 11) is 1.66. The van der Waals surface area contributed by atoms with Gasteiger partial charge >= 0.3 is 0 Å². The molecule has 6 nitrogen and oxygen atoms in total. The van der Waals surface area contributed by atoms with Crippen molar-refractivity contribution in [2.45, 2.75) is 84.0 Å². The van der Waals surface area contributed by atoms with E-state index in [4.69, 9.17) is 28.4 Å². The molecule has 0 rings (SSSR count). The van der Waals surface area contributed by atoms with Crippen molar-refractivity contribution >= 4 is 0 Å². The van der Waals surface area contributed by atoms with Gasteiger partial charge in [0.1, 0.15) is 0 Å². The molecule has 0 aromatic heterocycles. The standard InChI is InChI=1S/C25H52O6/c1-3-4-5-6-7-8-9-10-11-12-13-14-15-27-18-19-29-22-23-31-25-24-30-21-20-28-17-16-26-2/h3-25H2,1-2H3. The zero-order chi connectivity index (χ0) is 22.5. The molecule has 0 saturated carbocycles. The molecule has 188 valence electrons. The van der Waals surface area contributed by atoms with E-state index in [1.807, 2.05) is 0 Å². The molecule has 0 amide bonds. The Morgan fingerprint density at radius 1 is 0.323 bits per heavy atom. The van der Waals surface area contributed by atoms with Crippen LogP contribution in [0.25, 0.3) is 0 Å². The molecule has 0 aliphatic carbocycles. The summed E-state index contributed by atoms with van der Waals surface area (Å²) in [6, 6.07) is 0. The molecule has 0 N–H and O–H groups in total. The summed E-state index contributed by atoms with van der Waals surface area (Å²) >= 11 is 0. The van der Waals surface area contributed by atoms with Crippen LogP contribution in [0, 0.1) is 0 Å². The van der Waals surface area contributed by atoms with Crippen LogP contribution in [-0.4, -0.2) is 79.8 Å². The number of hydrogen-bond acceptors (Lipinski definition) is 6. The highest BCUT2D eigenvalue weighted by atomic mass is 16.6. The minimum atomic E-state index is 0.579. The van der Waals surface area contributed by atoms with E-state index in [1.165, 1.54) is 70.6 Å². The fourth-order valence-corrected chi connectivity index (χ4v) is 3.17. The second kappa shape index (κ2) is 29.8. The van der Waals surface area contributed by atoms with Crippen LogP contribution in [0.15, 0.2) is 0 Å². The Bertz CT molecular complexity index is 276. The molecule has 0 saturated heterocycles. The lowest BCUT2D eigenvalue weighted by atomic mass is 10.1. The van der Waals surface area contributed by atoms with Crippen molar-refractivity contribution in [1.29, 1.82) is 0 Å². The van der Waals surface area contributed by atoms with Crippen LogP contribution in [0.3, 0.4) is 0 Å². The Morgan fingerprint density at radius 2 is 0.613 bits per heavy atom. The average Bonchev–Trinajstić information content (AvgIpc) is 2.78. The van der Waals surface area contributed by atoms with E-state index < -0.39 is 0 Å². The zero-order valence-corrected chi connectivity index (χ0v) is 20.7. The predicted molar refractivity (Wildman–Crippen MR) is 127 cm³/mol. The van der Waals surface area contributed by atoms with Crippen molar-refractivity contribution in [2.75, 3.05) is 79.8 Å². The van der Waals surface area contributed by atoms with Crippen LogP contribution >= 0.6 is 0 Å². The lowest BCUT2D eigenvalue weighted by molar-refractivity contribution is -0.0148. The van der Waals surface area contributed by atoms with Gasteiger partial charge in [0, 0.05) is 13.7 Å². The van der Waals surface area contributed by atoms with Gasteiger partial charge in [-0.05, 0) is 6.42 Å². The largest absolute Gasteiger partial charge is 0.382 e. The summed E-state index contributed by atoms with van der Waals surface area (Å²) in [6.07, 6.45) is 16.5. The Labute approximate surface area is 192 Å². The van der Waals surface area contributed by atoms with Gasteiger partial charge in [-0.3, -0.25) is 0 Å². The van der Waals surface area contributed by atoms with Gasteiger partial charge in [-0.1, -0.05) is 77.6 Å². The molecule has 6 heteroatoms. The maximum Gasteiger partial charge on any atom is 0.0701 e. The molecule has 0 aromatic rings. The predicted octanol–water partition coefficient (Wildman–Crippen LogP) is 5.42. The molecule has 0 bridgehead atoms. The summed E-state index contributed by atoms with van der Waals surface area (Å²) in [5, 5.41) is 0. The third-order valence-corrected chi connectivity index (χ3v) is 5.06. The van der Waals surface area contributed by atoms with Crippen LogP contribution in [0.5, 0.6) is 0 Å². The average molecular weight is 449 g/mol. The topological polar surface area (TPSA) is 55.4 Å². The van der Waals surface area contributed by atoms with Gasteiger partial charge in [0.15, 0.2) is 0 Å². The zero-order valence-electron chi connectivity index (χ0n) is 20.7. The van der Waals surface area contributed by atoms with Gasteiger partial charge in [-0.25, -0.2) is 0 Å². The van der Waals surface area contributed by atoms with Crippen LogP contribution in [0.4, 0.5) is 0 Å². The first-order valence-corrected chi connectivity index (χ1v) is 12.8. The van der Waals surface area contributed by atoms with Crippen molar-refractivity contribution in [3.05, 3.63) is 0 Å². The fourth-order valence-electron chi connectivity index (χ4n) is 3.17. The van der Waals surface area contributed by atoms with E-state index in [0.717, 1.165) is 13.0 Å². The lowest BCUT2D eigenvalue weighted by Gasteiger charge is -2.08. The van der Waals surface area contributed by atoms with E-state index in [0.29, 0.717) is 66.1 Å². The quantitative estimate of drug-likeness (QED) is 0.149. The van der Waals surface area contributed by atoms with E-state index in [9.17, 15) is 0 Å². The Kier molecular flexibility index (Phi) is 29.5. The molecule has 0 spiro atoms. The van der Waals surface area contributed by atoms with Gasteiger partial charge < -0.3 is 28.4 Å². The SMILES string of the molecule is CCCCCCCCCCCCCCOCCOCCOCCOCCOCCOC. The molecule has 0 aromatic carbocycles. The maximum atomic E-state index is 5.63. The first-order valence-electron chi connectivity index (χ1n) is 12.8. The number of hydrogen-bond donors (Lipinski definition) is 0. The highest BCUT2D eigenvalue weighted by Crippen LogP contribution is 2.11. The highest BCUT2D eigenvalue weighted by Gasteiger charge is 1.95. The molecule has 0 radical (unpaired) electrons. The van der Waals surface area contributed by atoms with Crippen molar-refractivity contribution in [1.82, 2.24) is 0 Å². The maximum absolute atomic E-state index is 5.63. The smallest absolute Gasteiger partial charge is 0.0701 e. The van der Waals surface area contributed by atoms with Crippen LogP contribution in [-0.2, 0) is 28.4 Å². The third kappa shape index (κ3) is 29.8. The minimum Gasteiger partial charge on any atom is -0.382 e. The molecule has 0 unspecified atom stereocenters. The lowest BCUT2D eigenvalue weighted by Crippen LogP contribution is -2.14. The monoisotopic (exact) mass is 448 g/mol. The summed E-state index contributed by atoms with van der Waals surface area (Å²) < 4.78 is 32.2. The van der Waals surface area contributed by atoms with Crippen molar-refractivity contribution in [3.8, 4) is 0 Å². The molecule has 0 heterocycles. The Balaban J connectivity index is 2.98. The van der Waals surface area contributed by atoms with E-state index in [-0.39, 0.29) is 0 Å². The van der Waals surface area contributed by atoms with E-state index in [2.05, 4.69) is 6.92 Å². The van der Waals surface area contributed by atoms with E-state index >= 15 is 0 Å². The van der Waals surface area contributed by atoms with Crippen LogP contribution < -0.4 is 0 Å². The molecule has 0 aliphatic rings. The number of ether oxygens (including phenoxy) is 6. The number of methoxy groups -OCH3 is 1.